The summed E-state index contributed by atoms with van der Waals surface area (Å²) in [5.74, 6) is 0.213. The van der Waals surface area contributed by atoms with Gasteiger partial charge in [0.1, 0.15) is 11.9 Å². The van der Waals surface area contributed by atoms with Gasteiger partial charge in [-0.15, -0.1) is 0 Å². The first-order valence-corrected chi connectivity index (χ1v) is 10.2. The highest BCUT2D eigenvalue weighted by Gasteiger charge is 2.39. The zero-order chi connectivity index (χ0) is 19.1. The number of amides is 1. The highest BCUT2D eigenvalue weighted by Crippen LogP contribution is 2.37. The average Bonchev–Trinajstić information content (AvgIpc) is 2.74. The second kappa shape index (κ2) is 7.21. The maximum atomic E-state index is 13.5. The molecule has 6 rings (SSSR count). The van der Waals surface area contributed by atoms with Crippen molar-refractivity contribution in [2.24, 2.45) is 5.92 Å². The summed E-state index contributed by atoms with van der Waals surface area (Å²) in [6.45, 7) is 3.70. The molecule has 3 saturated heterocycles. The summed E-state index contributed by atoms with van der Waals surface area (Å²) in [7, 11) is 0. The van der Waals surface area contributed by atoms with Crippen molar-refractivity contribution in [1.82, 2.24) is 9.80 Å². The quantitative estimate of drug-likeness (QED) is 0.789. The van der Waals surface area contributed by atoms with Crippen molar-refractivity contribution < 1.29 is 13.9 Å². The Labute approximate surface area is 164 Å². The van der Waals surface area contributed by atoms with Crippen LogP contribution in [0.15, 0.2) is 48.5 Å². The van der Waals surface area contributed by atoms with Gasteiger partial charge in [0.2, 0.25) is 0 Å². The number of ether oxygens (including phenoxy) is 1. The molecule has 0 spiro atoms. The smallest absolute Gasteiger partial charge is 0.410 e. The monoisotopic (exact) mass is 380 g/mol. The van der Waals surface area contributed by atoms with Crippen LogP contribution in [0.25, 0.3) is 0 Å². The molecule has 5 heteroatoms. The number of carbonyl (C=O) groups is 1. The number of fused-ring (bicyclic) bond motifs is 4. The van der Waals surface area contributed by atoms with Crippen LogP contribution in [0.1, 0.15) is 35.6 Å². The summed E-state index contributed by atoms with van der Waals surface area (Å²) in [6, 6.07) is 14.4. The van der Waals surface area contributed by atoms with Gasteiger partial charge in [0, 0.05) is 13.1 Å². The first-order chi connectivity index (χ1) is 13.7. The third-order valence-electron chi connectivity index (χ3n) is 6.55. The molecule has 4 aliphatic heterocycles. The lowest BCUT2D eigenvalue weighted by Gasteiger charge is -2.45. The van der Waals surface area contributed by atoms with E-state index in [2.05, 4.69) is 17.0 Å². The van der Waals surface area contributed by atoms with Crippen molar-refractivity contribution in [2.45, 2.75) is 31.4 Å². The van der Waals surface area contributed by atoms with Crippen molar-refractivity contribution in [1.29, 1.82) is 0 Å². The van der Waals surface area contributed by atoms with E-state index in [1.54, 1.807) is 12.1 Å². The molecule has 2 atom stereocenters. The molecule has 0 aliphatic carbocycles. The van der Waals surface area contributed by atoms with Gasteiger partial charge in [-0.3, -0.25) is 9.80 Å². The lowest BCUT2D eigenvalue weighted by molar-refractivity contribution is -0.0462. The van der Waals surface area contributed by atoms with Crippen LogP contribution >= 0.6 is 0 Å². The standard InChI is InChI=1S/C23H25FN2O2/c24-19-7-5-18(6-8-19)22-20-4-2-1-3-16(20)11-14-26(22)23(27)28-21-15-25-12-9-17(21)10-13-25/h1-8,17,21-22H,9-15H2/t21?,22-/m0/s1. The Balaban J connectivity index is 1.43. The number of benzene rings is 2. The van der Waals surface area contributed by atoms with Crippen LogP contribution in [0.2, 0.25) is 0 Å². The molecule has 1 unspecified atom stereocenters. The maximum Gasteiger partial charge on any atom is 0.410 e. The molecule has 146 valence electrons. The summed E-state index contributed by atoms with van der Waals surface area (Å²) in [5, 5.41) is 0. The minimum atomic E-state index is -0.269. The Morgan fingerprint density at radius 1 is 1.00 bits per heavy atom. The fraction of sp³-hybridized carbons (Fsp3) is 0.435. The van der Waals surface area contributed by atoms with Crippen LogP contribution in [-0.2, 0) is 11.2 Å². The van der Waals surface area contributed by atoms with Gasteiger partial charge in [-0.05, 0) is 67.1 Å². The normalized spacial score (nSPS) is 28.7. The molecule has 1 amide bonds. The number of carbonyl (C=O) groups excluding carboxylic acids is 1. The van der Waals surface area contributed by atoms with Crippen LogP contribution in [0.4, 0.5) is 9.18 Å². The Morgan fingerprint density at radius 2 is 1.75 bits per heavy atom. The van der Waals surface area contributed by atoms with E-state index in [0.717, 1.165) is 50.0 Å². The van der Waals surface area contributed by atoms with E-state index in [1.807, 2.05) is 17.0 Å². The van der Waals surface area contributed by atoms with Gasteiger partial charge in [-0.25, -0.2) is 9.18 Å². The van der Waals surface area contributed by atoms with Crippen LogP contribution < -0.4 is 0 Å². The van der Waals surface area contributed by atoms with Crippen molar-refractivity contribution in [3.8, 4) is 0 Å². The molecule has 0 aromatic heterocycles. The molecule has 3 fully saturated rings. The highest BCUT2D eigenvalue weighted by atomic mass is 19.1. The van der Waals surface area contributed by atoms with Crippen molar-refractivity contribution >= 4 is 6.09 Å². The fourth-order valence-corrected chi connectivity index (χ4v) is 5.01. The van der Waals surface area contributed by atoms with Gasteiger partial charge in [0.15, 0.2) is 0 Å². The molecular formula is C23H25FN2O2. The summed E-state index contributed by atoms with van der Waals surface area (Å²) in [4.78, 5) is 17.4. The number of hydrogen-bond acceptors (Lipinski definition) is 3. The van der Waals surface area contributed by atoms with E-state index in [4.69, 9.17) is 4.74 Å². The number of halogens is 1. The molecule has 2 bridgehead atoms. The van der Waals surface area contributed by atoms with Crippen molar-refractivity contribution in [3.63, 3.8) is 0 Å². The Hall–Kier alpha value is -2.40. The van der Waals surface area contributed by atoms with E-state index in [-0.39, 0.29) is 24.1 Å². The summed E-state index contributed by atoms with van der Waals surface area (Å²) >= 11 is 0. The fourth-order valence-electron chi connectivity index (χ4n) is 5.01. The molecule has 4 nitrogen and oxygen atoms in total. The van der Waals surface area contributed by atoms with Crippen LogP contribution in [-0.4, -0.2) is 48.2 Å². The lowest BCUT2D eigenvalue weighted by Crippen LogP contribution is -2.53. The minimum absolute atomic E-state index is 0.0129. The SMILES string of the molecule is O=C(OC1CN2CCC1CC2)N1CCc2ccccc2[C@@H]1c1ccc(F)cc1. The number of rotatable bonds is 2. The summed E-state index contributed by atoms with van der Waals surface area (Å²) in [6.07, 6.45) is 2.77. The van der Waals surface area contributed by atoms with E-state index in [0.29, 0.717) is 12.5 Å². The summed E-state index contributed by atoms with van der Waals surface area (Å²) < 4.78 is 19.5. The van der Waals surface area contributed by atoms with E-state index < -0.39 is 0 Å². The third-order valence-corrected chi connectivity index (χ3v) is 6.55. The largest absolute Gasteiger partial charge is 0.444 e. The first-order valence-electron chi connectivity index (χ1n) is 10.2. The topological polar surface area (TPSA) is 32.8 Å². The number of piperidine rings is 3. The van der Waals surface area contributed by atoms with Crippen LogP contribution in [0.3, 0.4) is 0 Å². The summed E-state index contributed by atoms with van der Waals surface area (Å²) in [5.41, 5.74) is 3.26. The molecular weight excluding hydrogens is 355 g/mol. The van der Waals surface area contributed by atoms with E-state index in [9.17, 15) is 9.18 Å². The number of nitrogens with zero attached hydrogens (tertiary/aromatic N) is 2. The van der Waals surface area contributed by atoms with E-state index >= 15 is 0 Å². The van der Waals surface area contributed by atoms with Gasteiger partial charge < -0.3 is 4.74 Å². The lowest BCUT2D eigenvalue weighted by atomic mass is 9.86. The zero-order valence-corrected chi connectivity index (χ0v) is 15.9. The molecule has 2 aromatic rings. The molecule has 28 heavy (non-hydrogen) atoms. The predicted molar refractivity (Wildman–Crippen MR) is 105 cm³/mol. The average molecular weight is 380 g/mol. The maximum absolute atomic E-state index is 13.5. The molecule has 0 radical (unpaired) electrons. The molecule has 4 heterocycles. The second-order valence-electron chi connectivity index (χ2n) is 8.16. The minimum Gasteiger partial charge on any atom is -0.444 e. The second-order valence-corrected chi connectivity index (χ2v) is 8.16. The van der Waals surface area contributed by atoms with Gasteiger partial charge >= 0.3 is 6.09 Å². The first kappa shape index (κ1) is 17.7. The Kier molecular flexibility index (Phi) is 4.55. The van der Waals surface area contributed by atoms with Crippen molar-refractivity contribution in [3.05, 3.63) is 71.0 Å². The van der Waals surface area contributed by atoms with Crippen LogP contribution in [0, 0.1) is 11.7 Å². The molecule has 4 aliphatic rings. The van der Waals surface area contributed by atoms with E-state index in [1.165, 1.54) is 17.7 Å². The molecule has 0 N–H and O–H groups in total. The highest BCUT2D eigenvalue weighted by molar-refractivity contribution is 5.70. The Morgan fingerprint density at radius 3 is 2.46 bits per heavy atom. The Bertz CT molecular complexity index is 861. The third kappa shape index (κ3) is 3.18. The zero-order valence-electron chi connectivity index (χ0n) is 15.9. The molecule has 0 saturated carbocycles. The van der Waals surface area contributed by atoms with Crippen LogP contribution in [0.5, 0.6) is 0 Å². The van der Waals surface area contributed by atoms with Gasteiger partial charge in [0.05, 0.1) is 6.04 Å². The van der Waals surface area contributed by atoms with Gasteiger partial charge in [0.25, 0.3) is 0 Å². The van der Waals surface area contributed by atoms with Gasteiger partial charge in [-0.1, -0.05) is 36.4 Å². The van der Waals surface area contributed by atoms with Gasteiger partial charge in [-0.2, -0.15) is 0 Å². The predicted octanol–water partition coefficient (Wildman–Crippen LogP) is 4.00. The number of hydrogen-bond donors (Lipinski definition) is 0. The molecule has 2 aromatic carbocycles. The van der Waals surface area contributed by atoms with Crippen molar-refractivity contribution in [2.75, 3.05) is 26.2 Å².